The van der Waals surface area contributed by atoms with Gasteiger partial charge >= 0.3 is 0 Å². The van der Waals surface area contributed by atoms with Gasteiger partial charge in [-0.15, -0.1) is 6.58 Å². The van der Waals surface area contributed by atoms with E-state index in [1.54, 1.807) is 0 Å². The predicted octanol–water partition coefficient (Wildman–Crippen LogP) is 2.53. The van der Waals surface area contributed by atoms with Gasteiger partial charge in [-0.25, -0.2) is 0 Å². The van der Waals surface area contributed by atoms with E-state index < -0.39 is 0 Å². The molecule has 1 unspecified atom stereocenters. The zero-order valence-electron chi connectivity index (χ0n) is 8.96. The third-order valence-corrected chi connectivity index (χ3v) is 3.20. The van der Waals surface area contributed by atoms with Crippen molar-refractivity contribution in [2.75, 3.05) is 13.1 Å². The Morgan fingerprint density at radius 1 is 1.60 bits per heavy atom. The van der Waals surface area contributed by atoms with Gasteiger partial charge in [-0.2, -0.15) is 0 Å². The largest absolute Gasteiger partial charge is 0.329 e. The Labute approximate surface area is 99.7 Å². The Kier molecular flexibility index (Phi) is 5.02. The Morgan fingerprint density at radius 2 is 2.33 bits per heavy atom. The summed E-state index contributed by atoms with van der Waals surface area (Å²) >= 11 is 3.52. The van der Waals surface area contributed by atoms with Crippen LogP contribution in [-0.2, 0) is 0 Å². The molecule has 0 aromatic heterocycles. The number of hydrogen-bond donors (Lipinski definition) is 2. The van der Waals surface area contributed by atoms with Crippen LogP contribution in [-0.4, -0.2) is 13.1 Å². The molecule has 2 nitrogen and oxygen atoms in total. The van der Waals surface area contributed by atoms with Crippen molar-refractivity contribution < 1.29 is 0 Å². The zero-order chi connectivity index (χ0) is 11.3. The van der Waals surface area contributed by atoms with Crippen LogP contribution in [0.25, 0.3) is 0 Å². The van der Waals surface area contributed by atoms with E-state index >= 15 is 0 Å². The number of benzene rings is 1. The molecule has 3 heteroatoms. The van der Waals surface area contributed by atoms with Crippen LogP contribution >= 0.6 is 15.9 Å². The molecule has 0 amide bonds. The molecule has 1 aromatic carbocycles. The molecule has 0 aliphatic carbocycles. The second kappa shape index (κ2) is 6.05. The third kappa shape index (κ3) is 3.45. The fourth-order valence-electron chi connectivity index (χ4n) is 1.39. The van der Waals surface area contributed by atoms with E-state index in [0.29, 0.717) is 6.54 Å². The SMILES string of the molecule is C=CCNC(CN)c1ccc(C)c(Br)c1. The van der Waals surface area contributed by atoms with Crippen LogP contribution in [0, 0.1) is 6.92 Å². The highest BCUT2D eigenvalue weighted by Gasteiger charge is 2.08. The van der Waals surface area contributed by atoms with E-state index in [1.165, 1.54) is 11.1 Å². The Morgan fingerprint density at radius 3 is 2.87 bits per heavy atom. The van der Waals surface area contributed by atoms with Gasteiger partial charge in [0.15, 0.2) is 0 Å². The van der Waals surface area contributed by atoms with Gasteiger partial charge in [-0.1, -0.05) is 34.1 Å². The molecule has 0 heterocycles. The zero-order valence-corrected chi connectivity index (χ0v) is 10.5. The number of nitrogens with two attached hydrogens (primary N) is 1. The lowest BCUT2D eigenvalue weighted by Crippen LogP contribution is -2.28. The molecule has 0 bridgehead atoms. The highest BCUT2D eigenvalue weighted by Crippen LogP contribution is 2.21. The number of halogens is 1. The average Bonchev–Trinajstić information content (AvgIpc) is 2.24. The van der Waals surface area contributed by atoms with Gasteiger partial charge in [0.05, 0.1) is 0 Å². The molecular formula is C12H17BrN2. The molecule has 1 atom stereocenters. The van der Waals surface area contributed by atoms with E-state index in [1.807, 2.05) is 6.08 Å². The quantitative estimate of drug-likeness (QED) is 0.806. The summed E-state index contributed by atoms with van der Waals surface area (Å²) in [5.41, 5.74) is 8.16. The third-order valence-electron chi connectivity index (χ3n) is 2.34. The van der Waals surface area contributed by atoms with E-state index in [9.17, 15) is 0 Å². The summed E-state index contributed by atoms with van der Waals surface area (Å²) in [7, 11) is 0. The molecule has 0 aliphatic rings. The molecule has 1 aromatic rings. The van der Waals surface area contributed by atoms with Crippen molar-refractivity contribution in [1.29, 1.82) is 0 Å². The van der Waals surface area contributed by atoms with Gasteiger partial charge in [0.2, 0.25) is 0 Å². The first-order valence-corrected chi connectivity index (χ1v) is 5.78. The molecule has 0 fully saturated rings. The van der Waals surface area contributed by atoms with Crippen LogP contribution in [0.2, 0.25) is 0 Å². The van der Waals surface area contributed by atoms with Gasteiger partial charge in [-0.05, 0) is 24.1 Å². The minimum Gasteiger partial charge on any atom is -0.329 e. The van der Waals surface area contributed by atoms with E-state index in [4.69, 9.17) is 5.73 Å². The minimum atomic E-state index is 0.194. The molecule has 0 saturated carbocycles. The van der Waals surface area contributed by atoms with Gasteiger partial charge in [0, 0.05) is 23.6 Å². The fraction of sp³-hybridized carbons (Fsp3) is 0.333. The lowest BCUT2D eigenvalue weighted by Gasteiger charge is -2.17. The van der Waals surface area contributed by atoms with Gasteiger partial charge in [0.1, 0.15) is 0 Å². The van der Waals surface area contributed by atoms with Crippen LogP contribution < -0.4 is 11.1 Å². The maximum absolute atomic E-state index is 5.72. The van der Waals surface area contributed by atoms with Crippen molar-refractivity contribution in [2.24, 2.45) is 5.73 Å². The van der Waals surface area contributed by atoms with Crippen LogP contribution in [0.3, 0.4) is 0 Å². The summed E-state index contributed by atoms with van der Waals surface area (Å²) in [5.74, 6) is 0. The maximum atomic E-state index is 5.72. The van der Waals surface area contributed by atoms with E-state index in [-0.39, 0.29) is 6.04 Å². The van der Waals surface area contributed by atoms with Crippen molar-refractivity contribution in [3.8, 4) is 0 Å². The standard InChI is InChI=1S/C12H17BrN2/c1-3-6-15-12(8-14)10-5-4-9(2)11(13)7-10/h3-5,7,12,15H,1,6,8,14H2,2H3. The molecule has 0 aliphatic heterocycles. The Bertz CT molecular complexity index is 336. The number of rotatable bonds is 5. The highest BCUT2D eigenvalue weighted by molar-refractivity contribution is 9.10. The van der Waals surface area contributed by atoms with E-state index in [0.717, 1.165) is 11.0 Å². The van der Waals surface area contributed by atoms with Gasteiger partial charge in [-0.3, -0.25) is 0 Å². The number of aryl methyl sites for hydroxylation is 1. The summed E-state index contributed by atoms with van der Waals surface area (Å²) in [6, 6.07) is 6.51. The first-order chi connectivity index (χ1) is 7.19. The highest BCUT2D eigenvalue weighted by atomic mass is 79.9. The van der Waals surface area contributed by atoms with Crippen LogP contribution in [0.5, 0.6) is 0 Å². The Hall–Kier alpha value is -0.640. The molecular weight excluding hydrogens is 252 g/mol. The average molecular weight is 269 g/mol. The summed E-state index contributed by atoms with van der Waals surface area (Å²) in [6.07, 6.45) is 1.84. The van der Waals surface area contributed by atoms with Crippen molar-refractivity contribution in [3.63, 3.8) is 0 Å². The minimum absolute atomic E-state index is 0.194. The van der Waals surface area contributed by atoms with Gasteiger partial charge in [0.25, 0.3) is 0 Å². The Balaban J connectivity index is 2.82. The monoisotopic (exact) mass is 268 g/mol. The smallest absolute Gasteiger partial charge is 0.0447 e. The normalized spacial score (nSPS) is 12.5. The first-order valence-electron chi connectivity index (χ1n) is 4.99. The predicted molar refractivity (Wildman–Crippen MR) is 68.9 cm³/mol. The second-order valence-corrected chi connectivity index (χ2v) is 4.35. The van der Waals surface area contributed by atoms with Gasteiger partial charge < -0.3 is 11.1 Å². The summed E-state index contributed by atoms with van der Waals surface area (Å²) in [4.78, 5) is 0. The molecule has 1 rings (SSSR count). The van der Waals surface area contributed by atoms with Crippen molar-refractivity contribution in [2.45, 2.75) is 13.0 Å². The number of hydrogen-bond acceptors (Lipinski definition) is 2. The lowest BCUT2D eigenvalue weighted by molar-refractivity contribution is 0.577. The van der Waals surface area contributed by atoms with Crippen LogP contribution in [0.1, 0.15) is 17.2 Å². The van der Waals surface area contributed by atoms with Crippen molar-refractivity contribution in [1.82, 2.24) is 5.32 Å². The topological polar surface area (TPSA) is 38.0 Å². The molecule has 15 heavy (non-hydrogen) atoms. The molecule has 3 N–H and O–H groups in total. The van der Waals surface area contributed by atoms with E-state index in [2.05, 4.69) is 52.9 Å². The first kappa shape index (κ1) is 12.4. The van der Waals surface area contributed by atoms with Crippen LogP contribution in [0.4, 0.5) is 0 Å². The second-order valence-electron chi connectivity index (χ2n) is 3.49. The molecule has 0 radical (unpaired) electrons. The van der Waals surface area contributed by atoms with Crippen molar-refractivity contribution in [3.05, 3.63) is 46.5 Å². The summed E-state index contributed by atoms with van der Waals surface area (Å²) in [6.45, 7) is 7.11. The summed E-state index contributed by atoms with van der Waals surface area (Å²) in [5, 5.41) is 3.32. The summed E-state index contributed by atoms with van der Waals surface area (Å²) < 4.78 is 1.12. The van der Waals surface area contributed by atoms with Crippen LogP contribution in [0.15, 0.2) is 35.3 Å². The molecule has 0 saturated heterocycles. The number of nitrogens with one attached hydrogen (secondary N) is 1. The molecule has 82 valence electrons. The van der Waals surface area contributed by atoms with Crippen molar-refractivity contribution >= 4 is 15.9 Å². The molecule has 0 spiro atoms. The maximum Gasteiger partial charge on any atom is 0.0447 e. The fourth-order valence-corrected chi connectivity index (χ4v) is 1.79. The lowest BCUT2D eigenvalue weighted by atomic mass is 10.1.